The lowest BCUT2D eigenvalue weighted by Crippen LogP contribution is -2.63. The second-order valence-corrected chi connectivity index (χ2v) is 2.56. The van der Waals surface area contributed by atoms with E-state index in [2.05, 4.69) is 5.73 Å². The summed E-state index contributed by atoms with van der Waals surface area (Å²) >= 11 is 0. The zero-order valence-electron chi connectivity index (χ0n) is 6.63. The Bertz CT molecular complexity index is 219. The molecule has 0 fully saturated rings. The van der Waals surface area contributed by atoms with E-state index < -0.39 is 30.5 Å². The summed E-state index contributed by atoms with van der Waals surface area (Å²) in [5, 5.41) is 0. The lowest BCUT2D eigenvalue weighted by Gasteiger charge is -2.31. The maximum absolute atomic E-state index is 12.2. The molecule has 92 valence electrons. The minimum Gasteiger partial charge on any atom is -0.267 e. The van der Waals surface area contributed by atoms with Gasteiger partial charge in [-0.3, -0.25) is 5.73 Å². The summed E-state index contributed by atoms with van der Waals surface area (Å²) in [5.74, 6) is -12.7. The second kappa shape index (κ2) is 3.72. The van der Waals surface area contributed by atoms with Gasteiger partial charge in [0.15, 0.2) is 0 Å². The van der Waals surface area contributed by atoms with Crippen molar-refractivity contribution in [3.8, 4) is 0 Å². The third-order valence-corrected chi connectivity index (χ3v) is 1.40. The SMILES string of the molecule is NC(F)(F)C(F)(F)C(F)(F)C(F)C(F)F. The molecular weight excluding hydrogens is 245 g/mol. The van der Waals surface area contributed by atoms with E-state index in [1.165, 1.54) is 0 Å². The van der Waals surface area contributed by atoms with Crippen LogP contribution in [0.5, 0.6) is 0 Å². The van der Waals surface area contributed by atoms with Crippen LogP contribution in [0.2, 0.25) is 0 Å². The highest BCUT2D eigenvalue weighted by Crippen LogP contribution is 2.46. The van der Waals surface area contributed by atoms with Gasteiger partial charge in [-0.15, -0.1) is 0 Å². The Morgan fingerprint density at radius 1 is 0.800 bits per heavy atom. The Hall–Kier alpha value is -0.670. The van der Waals surface area contributed by atoms with Crippen molar-refractivity contribution in [1.82, 2.24) is 0 Å². The molecule has 0 aliphatic heterocycles. The van der Waals surface area contributed by atoms with Crippen molar-refractivity contribution in [1.29, 1.82) is 0 Å². The summed E-state index contributed by atoms with van der Waals surface area (Å²) in [6, 6.07) is -5.81. The van der Waals surface area contributed by atoms with E-state index in [0.717, 1.165) is 0 Å². The first kappa shape index (κ1) is 14.3. The van der Waals surface area contributed by atoms with Crippen LogP contribution in [-0.2, 0) is 0 Å². The maximum Gasteiger partial charge on any atom is 0.389 e. The highest BCUT2D eigenvalue weighted by Gasteiger charge is 2.74. The Balaban J connectivity index is 5.19. The molecule has 0 aromatic carbocycles. The molecule has 0 heterocycles. The van der Waals surface area contributed by atoms with E-state index >= 15 is 0 Å². The molecule has 1 unspecified atom stereocenters. The van der Waals surface area contributed by atoms with Crippen LogP contribution in [0, 0.1) is 0 Å². The fraction of sp³-hybridized carbons (Fsp3) is 1.00. The first-order chi connectivity index (χ1) is 6.35. The molecule has 0 aromatic heterocycles. The van der Waals surface area contributed by atoms with E-state index in [0.29, 0.717) is 0 Å². The summed E-state index contributed by atoms with van der Waals surface area (Å²) in [7, 11) is 0. The van der Waals surface area contributed by atoms with Crippen LogP contribution in [0.15, 0.2) is 0 Å². The molecule has 15 heavy (non-hydrogen) atoms. The highest BCUT2D eigenvalue weighted by molar-refractivity contribution is 4.98. The van der Waals surface area contributed by atoms with Crippen LogP contribution in [0.3, 0.4) is 0 Å². The molecule has 1 nitrogen and oxygen atoms in total. The van der Waals surface area contributed by atoms with Crippen LogP contribution in [-0.4, -0.2) is 30.5 Å². The molecule has 0 aliphatic carbocycles. The van der Waals surface area contributed by atoms with Crippen molar-refractivity contribution in [3.05, 3.63) is 0 Å². The first-order valence-corrected chi connectivity index (χ1v) is 3.20. The molecule has 0 radical (unpaired) electrons. The monoisotopic (exact) mass is 249 g/mol. The Kier molecular flexibility index (Phi) is 3.56. The Labute approximate surface area is 77.0 Å². The fourth-order valence-electron chi connectivity index (χ4n) is 0.554. The third-order valence-electron chi connectivity index (χ3n) is 1.40. The Morgan fingerprint density at radius 3 is 1.33 bits per heavy atom. The first-order valence-electron chi connectivity index (χ1n) is 3.20. The van der Waals surface area contributed by atoms with Crippen molar-refractivity contribution in [2.75, 3.05) is 0 Å². The minimum atomic E-state index is -6.41. The predicted molar refractivity (Wildman–Crippen MR) is 29.9 cm³/mol. The molecule has 0 aromatic rings. The zero-order valence-corrected chi connectivity index (χ0v) is 6.63. The number of rotatable bonds is 4. The maximum atomic E-state index is 12.2. The second-order valence-electron chi connectivity index (χ2n) is 2.56. The van der Waals surface area contributed by atoms with E-state index in [-0.39, 0.29) is 0 Å². The third kappa shape index (κ3) is 2.29. The van der Waals surface area contributed by atoms with Gasteiger partial charge in [0.2, 0.25) is 6.17 Å². The number of hydrogen-bond acceptors (Lipinski definition) is 1. The lowest BCUT2D eigenvalue weighted by molar-refractivity contribution is -0.331. The van der Waals surface area contributed by atoms with Gasteiger partial charge in [-0.25, -0.2) is 13.2 Å². The largest absolute Gasteiger partial charge is 0.389 e. The van der Waals surface area contributed by atoms with Crippen LogP contribution >= 0.6 is 0 Å². The van der Waals surface area contributed by atoms with E-state index in [9.17, 15) is 39.5 Å². The number of alkyl halides is 9. The van der Waals surface area contributed by atoms with Gasteiger partial charge in [0.25, 0.3) is 6.43 Å². The molecule has 0 saturated carbocycles. The quantitative estimate of drug-likeness (QED) is 0.600. The van der Waals surface area contributed by atoms with Crippen molar-refractivity contribution in [2.45, 2.75) is 30.5 Å². The van der Waals surface area contributed by atoms with Crippen LogP contribution in [0.25, 0.3) is 0 Å². The Morgan fingerprint density at radius 2 is 1.13 bits per heavy atom. The van der Waals surface area contributed by atoms with E-state index in [1.807, 2.05) is 0 Å². The molecule has 10 heteroatoms. The van der Waals surface area contributed by atoms with E-state index in [1.54, 1.807) is 0 Å². The smallest absolute Gasteiger partial charge is 0.267 e. The van der Waals surface area contributed by atoms with Gasteiger partial charge in [0.1, 0.15) is 0 Å². The zero-order chi connectivity index (χ0) is 12.7. The predicted octanol–water partition coefficient (Wildman–Crippen LogP) is 2.41. The molecule has 0 rings (SSSR count). The van der Waals surface area contributed by atoms with Crippen molar-refractivity contribution in [2.24, 2.45) is 5.73 Å². The van der Waals surface area contributed by atoms with Gasteiger partial charge >= 0.3 is 17.9 Å². The van der Waals surface area contributed by atoms with Crippen molar-refractivity contribution >= 4 is 0 Å². The summed E-state index contributed by atoms with van der Waals surface area (Å²) in [4.78, 5) is 0. The molecular formula is C5H4F9N. The fourth-order valence-corrected chi connectivity index (χ4v) is 0.554. The molecule has 0 bridgehead atoms. The van der Waals surface area contributed by atoms with Gasteiger partial charge in [-0.05, 0) is 0 Å². The molecule has 1 atom stereocenters. The van der Waals surface area contributed by atoms with Crippen molar-refractivity contribution < 1.29 is 39.5 Å². The van der Waals surface area contributed by atoms with Crippen LogP contribution < -0.4 is 5.73 Å². The van der Waals surface area contributed by atoms with Crippen molar-refractivity contribution in [3.63, 3.8) is 0 Å². The average molecular weight is 249 g/mol. The topological polar surface area (TPSA) is 26.0 Å². The highest BCUT2D eigenvalue weighted by atomic mass is 19.4. The molecule has 0 saturated heterocycles. The van der Waals surface area contributed by atoms with Crippen LogP contribution in [0.4, 0.5) is 39.5 Å². The summed E-state index contributed by atoms with van der Waals surface area (Å²) in [6.07, 6.45) is -9.27. The average Bonchev–Trinajstić information content (AvgIpc) is 2.00. The van der Waals surface area contributed by atoms with Gasteiger partial charge in [-0.2, -0.15) is 26.3 Å². The summed E-state index contributed by atoms with van der Waals surface area (Å²) < 4.78 is 107. The van der Waals surface area contributed by atoms with Gasteiger partial charge < -0.3 is 0 Å². The number of halogens is 9. The lowest BCUT2D eigenvalue weighted by atomic mass is 10.1. The number of hydrogen-bond donors (Lipinski definition) is 1. The molecule has 0 spiro atoms. The molecule has 2 N–H and O–H groups in total. The van der Waals surface area contributed by atoms with Crippen LogP contribution in [0.1, 0.15) is 0 Å². The minimum absolute atomic E-state index is 3.36. The summed E-state index contributed by atoms with van der Waals surface area (Å²) in [6.45, 7) is 0. The number of nitrogens with two attached hydrogens (primary N) is 1. The molecule has 0 amide bonds. The summed E-state index contributed by atoms with van der Waals surface area (Å²) in [5.41, 5.74) is 3.36. The van der Waals surface area contributed by atoms with E-state index in [4.69, 9.17) is 0 Å². The normalized spacial score (nSPS) is 17.0. The van der Waals surface area contributed by atoms with Gasteiger partial charge in [-0.1, -0.05) is 0 Å². The van der Waals surface area contributed by atoms with Gasteiger partial charge in [0.05, 0.1) is 0 Å². The standard InChI is InChI=1S/C5H4F9N/c6-1(2(7)8)3(9,10)4(11,12)5(13,14)15/h1-2H,15H2. The van der Waals surface area contributed by atoms with Gasteiger partial charge in [0, 0.05) is 0 Å². The molecule has 0 aliphatic rings.